The molecule has 0 aliphatic rings. The Morgan fingerprint density at radius 3 is 2.76 bits per heavy atom. The van der Waals surface area contributed by atoms with E-state index in [1.807, 2.05) is 24.3 Å². The van der Waals surface area contributed by atoms with Crippen molar-refractivity contribution in [1.82, 2.24) is 9.97 Å². The van der Waals surface area contributed by atoms with Crippen LogP contribution in [-0.4, -0.2) is 9.97 Å². The molecule has 0 unspecified atom stereocenters. The minimum Gasteiger partial charge on any atom is -0.346 e. The molecule has 0 amide bonds. The SMILES string of the molecule is CCc1cc(=S)nc(CSc2ccccc2)[nH]1. The van der Waals surface area contributed by atoms with Gasteiger partial charge in [0.25, 0.3) is 0 Å². The first-order chi connectivity index (χ1) is 8.28. The lowest BCUT2D eigenvalue weighted by Crippen LogP contribution is -1.97. The minimum atomic E-state index is 0.671. The molecular formula is C13H14N2S2. The predicted octanol–water partition coefficient (Wildman–Crippen LogP) is 3.99. The fraction of sp³-hybridized carbons (Fsp3) is 0.231. The maximum atomic E-state index is 5.14. The Bertz CT molecular complexity index is 535. The summed E-state index contributed by atoms with van der Waals surface area (Å²) >= 11 is 6.91. The van der Waals surface area contributed by atoms with Crippen molar-refractivity contribution in [3.05, 3.63) is 52.6 Å². The van der Waals surface area contributed by atoms with Crippen molar-refractivity contribution in [1.29, 1.82) is 0 Å². The molecule has 0 radical (unpaired) electrons. The maximum Gasteiger partial charge on any atom is 0.130 e. The summed E-state index contributed by atoms with van der Waals surface area (Å²) < 4.78 is 0.671. The Hall–Kier alpha value is -1.13. The standard InChI is InChI=1S/C13H14N2S2/c1-2-10-8-13(16)15-12(14-10)9-17-11-6-4-3-5-7-11/h3-8H,2,9H2,1H3,(H,14,15,16). The molecular weight excluding hydrogens is 248 g/mol. The molecule has 2 nitrogen and oxygen atoms in total. The van der Waals surface area contributed by atoms with Gasteiger partial charge in [0.2, 0.25) is 0 Å². The third-order valence-electron chi connectivity index (χ3n) is 2.35. The van der Waals surface area contributed by atoms with Crippen molar-refractivity contribution in [2.24, 2.45) is 0 Å². The number of aryl methyl sites for hydroxylation is 1. The van der Waals surface area contributed by atoms with Gasteiger partial charge in [0.15, 0.2) is 0 Å². The van der Waals surface area contributed by atoms with Gasteiger partial charge >= 0.3 is 0 Å². The van der Waals surface area contributed by atoms with Crippen molar-refractivity contribution >= 4 is 24.0 Å². The first-order valence-corrected chi connectivity index (χ1v) is 6.94. The highest BCUT2D eigenvalue weighted by Gasteiger charge is 1.99. The van der Waals surface area contributed by atoms with E-state index < -0.39 is 0 Å². The molecule has 1 heterocycles. The Morgan fingerprint density at radius 1 is 1.29 bits per heavy atom. The molecule has 1 aromatic carbocycles. The summed E-state index contributed by atoms with van der Waals surface area (Å²) in [5.41, 5.74) is 1.15. The van der Waals surface area contributed by atoms with Gasteiger partial charge in [0, 0.05) is 10.6 Å². The predicted molar refractivity (Wildman–Crippen MR) is 74.8 cm³/mol. The van der Waals surface area contributed by atoms with Crippen LogP contribution in [0.25, 0.3) is 0 Å². The highest BCUT2D eigenvalue weighted by atomic mass is 32.2. The summed E-state index contributed by atoms with van der Waals surface area (Å²) in [5.74, 6) is 1.77. The van der Waals surface area contributed by atoms with Crippen LogP contribution in [0.2, 0.25) is 0 Å². The van der Waals surface area contributed by atoms with Crippen molar-refractivity contribution < 1.29 is 0 Å². The van der Waals surface area contributed by atoms with Gasteiger partial charge in [-0.2, -0.15) is 0 Å². The van der Waals surface area contributed by atoms with Crippen LogP contribution in [0.4, 0.5) is 0 Å². The van der Waals surface area contributed by atoms with E-state index >= 15 is 0 Å². The van der Waals surface area contributed by atoms with Crippen LogP contribution in [0.15, 0.2) is 41.3 Å². The van der Waals surface area contributed by atoms with Crippen LogP contribution in [0.1, 0.15) is 18.4 Å². The van der Waals surface area contributed by atoms with E-state index in [1.54, 1.807) is 11.8 Å². The van der Waals surface area contributed by atoms with Crippen molar-refractivity contribution in [2.45, 2.75) is 24.0 Å². The molecule has 0 bridgehead atoms. The fourth-order valence-electron chi connectivity index (χ4n) is 1.49. The zero-order chi connectivity index (χ0) is 12.1. The van der Waals surface area contributed by atoms with Gasteiger partial charge in [-0.1, -0.05) is 37.3 Å². The van der Waals surface area contributed by atoms with Gasteiger partial charge in [-0.05, 0) is 24.6 Å². The van der Waals surface area contributed by atoms with Gasteiger partial charge in [0.05, 0.1) is 5.75 Å². The Morgan fingerprint density at radius 2 is 2.06 bits per heavy atom. The summed E-state index contributed by atoms with van der Waals surface area (Å²) in [6, 6.07) is 12.2. The third-order valence-corrected chi connectivity index (χ3v) is 3.58. The zero-order valence-corrected chi connectivity index (χ0v) is 11.3. The van der Waals surface area contributed by atoms with E-state index in [4.69, 9.17) is 12.2 Å². The van der Waals surface area contributed by atoms with Crippen LogP contribution >= 0.6 is 24.0 Å². The first-order valence-electron chi connectivity index (χ1n) is 5.55. The molecule has 0 spiro atoms. The molecule has 17 heavy (non-hydrogen) atoms. The topological polar surface area (TPSA) is 28.7 Å². The molecule has 0 fully saturated rings. The van der Waals surface area contributed by atoms with Crippen LogP contribution < -0.4 is 0 Å². The molecule has 0 saturated carbocycles. The van der Waals surface area contributed by atoms with E-state index in [-0.39, 0.29) is 0 Å². The second-order valence-corrected chi connectivity index (χ2v) is 5.11. The largest absolute Gasteiger partial charge is 0.346 e. The quantitative estimate of drug-likeness (QED) is 0.667. The zero-order valence-electron chi connectivity index (χ0n) is 9.64. The average Bonchev–Trinajstić information content (AvgIpc) is 2.37. The lowest BCUT2D eigenvalue weighted by molar-refractivity contribution is 0.933. The molecule has 0 aliphatic carbocycles. The van der Waals surface area contributed by atoms with Crippen LogP contribution in [0, 0.1) is 4.64 Å². The number of thioether (sulfide) groups is 1. The number of rotatable bonds is 4. The number of benzene rings is 1. The van der Waals surface area contributed by atoms with E-state index in [0.29, 0.717) is 4.64 Å². The fourth-order valence-corrected chi connectivity index (χ4v) is 2.53. The van der Waals surface area contributed by atoms with Crippen LogP contribution in [0.5, 0.6) is 0 Å². The Labute approximate surface area is 111 Å². The van der Waals surface area contributed by atoms with E-state index in [0.717, 1.165) is 23.7 Å². The number of nitrogens with zero attached hydrogens (tertiary/aromatic N) is 1. The number of nitrogens with one attached hydrogen (secondary N) is 1. The second kappa shape index (κ2) is 5.98. The second-order valence-electron chi connectivity index (χ2n) is 3.65. The normalized spacial score (nSPS) is 10.4. The molecule has 0 aliphatic heterocycles. The summed E-state index contributed by atoms with van der Waals surface area (Å²) in [6.45, 7) is 2.11. The van der Waals surface area contributed by atoms with Crippen molar-refractivity contribution in [2.75, 3.05) is 0 Å². The van der Waals surface area contributed by atoms with Crippen molar-refractivity contribution in [3.8, 4) is 0 Å². The lowest BCUT2D eigenvalue weighted by atomic mass is 10.3. The highest BCUT2D eigenvalue weighted by Crippen LogP contribution is 2.20. The smallest absolute Gasteiger partial charge is 0.130 e. The van der Waals surface area contributed by atoms with Gasteiger partial charge in [0.1, 0.15) is 10.5 Å². The molecule has 4 heteroatoms. The average molecular weight is 262 g/mol. The van der Waals surface area contributed by atoms with Gasteiger partial charge in [-0.15, -0.1) is 11.8 Å². The number of hydrogen-bond acceptors (Lipinski definition) is 3. The minimum absolute atomic E-state index is 0.671. The number of aromatic nitrogens is 2. The molecule has 1 N–H and O–H groups in total. The monoisotopic (exact) mass is 262 g/mol. The van der Waals surface area contributed by atoms with Crippen LogP contribution in [0.3, 0.4) is 0 Å². The first kappa shape index (κ1) is 12.3. The van der Waals surface area contributed by atoms with Gasteiger partial charge < -0.3 is 4.98 Å². The van der Waals surface area contributed by atoms with Crippen LogP contribution in [-0.2, 0) is 12.2 Å². The number of H-pyrrole nitrogens is 1. The molecule has 2 aromatic rings. The van der Waals surface area contributed by atoms with Crippen molar-refractivity contribution in [3.63, 3.8) is 0 Å². The molecule has 1 aromatic heterocycles. The summed E-state index contributed by atoms with van der Waals surface area (Å²) in [6.07, 6.45) is 0.954. The molecule has 0 atom stereocenters. The summed E-state index contributed by atoms with van der Waals surface area (Å²) in [4.78, 5) is 8.89. The molecule has 88 valence electrons. The highest BCUT2D eigenvalue weighted by molar-refractivity contribution is 7.98. The van der Waals surface area contributed by atoms with E-state index in [9.17, 15) is 0 Å². The Kier molecular flexibility index (Phi) is 4.34. The van der Waals surface area contributed by atoms with Gasteiger partial charge in [-0.3, -0.25) is 0 Å². The lowest BCUT2D eigenvalue weighted by Gasteiger charge is -2.04. The number of aromatic amines is 1. The molecule has 2 rings (SSSR count). The maximum absolute atomic E-state index is 5.14. The third kappa shape index (κ3) is 3.68. The molecule has 0 saturated heterocycles. The Balaban J connectivity index is 2.09. The van der Waals surface area contributed by atoms with E-state index in [2.05, 4.69) is 29.0 Å². The summed E-state index contributed by atoms with van der Waals surface area (Å²) in [7, 11) is 0. The summed E-state index contributed by atoms with van der Waals surface area (Å²) in [5, 5.41) is 0. The number of hydrogen-bond donors (Lipinski definition) is 1. The van der Waals surface area contributed by atoms with E-state index in [1.165, 1.54) is 4.90 Å². The van der Waals surface area contributed by atoms with Gasteiger partial charge in [-0.25, -0.2) is 4.98 Å².